The minimum Gasteiger partial charge on any atom is -0.327 e. The largest absolute Gasteiger partial charge is 0.327 e. The SMILES string of the molecule is CC(CS(=O)(=O)NC/C=C/CN)c1ccccc1. The van der Waals surface area contributed by atoms with Crippen molar-refractivity contribution in [3.63, 3.8) is 0 Å². The minimum absolute atomic E-state index is 0.0258. The smallest absolute Gasteiger partial charge is 0.212 e. The highest BCUT2D eigenvalue weighted by atomic mass is 32.2. The van der Waals surface area contributed by atoms with E-state index < -0.39 is 10.0 Å². The van der Waals surface area contributed by atoms with E-state index in [1.807, 2.05) is 37.3 Å². The molecule has 3 N–H and O–H groups in total. The minimum atomic E-state index is -3.25. The molecule has 0 saturated heterocycles. The lowest BCUT2D eigenvalue weighted by atomic mass is 10.0. The van der Waals surface area contributed by atoms with Crippen LogP contribution in [0.2, 0.25) is 0 Å². The molecule has 0 aliphatic heterocycles. The topological polar surface area (TPSA) is 72.2 Å². The molecule has 0 aliphatic carbocycles. The molecule has 18 heavy (non-hydrogen) atoms. The van der Waals surface area contributed by atoms with Crippen molar-refractivity contribution in [1.29, 1.82) is 0 Å². The number of rotatable bonds is 7. The Morgan fingerprint density at radius 2 is 1.94 bits per heavy atom. The van der Waals surface area contributed by atoms with Gasteiger partial charge in [-0.25, -0.2) is 13.1 Å². The number of hydrogen-bond acceptors (Lipinski definition) is 3. The molecular weight excluding hydrogens is 248 g/mol. The van der Waals surface area contributed by atoms with Gasteiger partial charge in [0.1, 0.15) is 0 Å². The van der Waals surface area contributed by atoms with E-state index in [-0.39, 0.29) is 11.7 Å². The summed E-state index contributed by atoms with van der Waals surface area (Å²) in [5.74, 6) is 0.0650. The first-order chi connectivity index (χ1) is 8.55. The summed E-state index contributed by atoms with van der Waals surface area (Å²) in [4.78, 5) is 0. The first kappa shape index (κ1) is 14.9. The maximum absolute atomic E-state index is 11.8. The van der Waals surface area contributed by atoms with E-state index in [1.54, 1.807) is 12.2 Å². The molecule has 1 rings (SSSR count). The molecule has 0 radical (unpaired) electrons. The van der Waals surface area contributed by atoms with Gasteiger partial charge in [0.25, 0.3) is 0 Å². The quantitative estimate of drug-likeness (QED) is 0.730. The predicted octanol–water partition coefficient (Wildman–Crippen LogP) is 1.22. The van der Waals surface area contributed by atoms with Gasteiger partial charge in [-0.3, -0.25) is 0 Å². The van der Waals surface area contributed by atoms with Crippen LogP contribution in [-0.4, -0.2) is 27.3 Å². The van der Waals surface area contributed by atoms with E-state index in [2.05, 4.69) is 4.72 Å². The molecule has 0 amide bonds. The van der Waals surface area contributed by atoms with Gasteiger partial charge in [-0.2, -0.15) is 0 Å². The van der Waals surface area contributed by atoms with Crippen LogP contribution in [-0.2, 0) is 10.0 Å². The molecule has 4 nitrogen and oxygen atoms in total. The summed E-state index contributed by atoms with van der Waals surface area (Å²) in [5.41, 5.74) is 6.30. The predicted molar refractivity (Wildman–Crippen MR) is 74.8 cm³/mol. The summed E-state index contributed by atoms with van der Waals surface area (Å²) in [5, 5.41) is 0. The molecule has 1 unspecified atom stereocenters. The zero-order valence-electron chi connectivity index (χ0n) is 10.5. The number of nitrogens with one attached hydrogen (secondary N) is 1. The van der Waals surface area contributed by atoms with Gasteiger partial charge >= 0.3 is 0 Å². The second kappa shape index (κ2) is 7.31. The van der Waals surface area contributed by atoms with E-state index in [0.717, 1.165) is 5.56 Å². The Kier molecular flexibility index (Phi) is 6.04. The third-order valence-electron chi connectivity index (χ3n) is 2.56. The van der Waals surface area contributed by atoms with Crippen molar-refractivity contribution in [2.45, 2.75) is 12.8 Å². The highest BCUT2D eigenvalue weighted by Gasteiger charge is 2.15. The molecule has 1 aromatic rings. The summed E-state index contributed by atoms with van der Waals surface area (Å²) in [6, 6.07) is 9.62. The van der Waals surface area contributed by atoms with Gasteiger partial charge in [0.05, 0.1) is 5.75 Å². The van der Waals surface area contributed by atoms with Crippen molar-refractivity contribution >= 4 is 10.0 Å². The number of hydrogen-bond donors (Lipinski definition) is 2. The molecule has 0 fully saturated rings. The van der Waals surface area contributed by atoms with Crippen LogP contribution in [0.3, 0.4) is 0 Å². The van der Waals surface area contributed by atoms with Crippen LogP contribution in [0, 0.1) is 0 Å². The van der Waals surface area contributed by atoms with E-state index in [0.29, 0.717) is 13.1 Å². The van der Waals surface area contributed by atoms with Crippen LogP contribution in [0.1, 0.15) is 18.4 Å². The Bertz CT molecular complexity index is 469. The third kappa shape index (κ3) is 5.44. The number of sulfonamides is 1. The average molecular weight is 268 g/mol. The second-order valence-electron chi connectivity index (χ2n) is 4.15. The lowest BCUT2D eigenvalue weighted by Crippen LogP contribution is -2.28. The molecule has 0 spiro atoms. The van der Waals surface area contributed by atoms with Crippen LogP contribution in [0.25, 0.3) is 0 Å². The van der Waals surface area contributed by atoms with Gasteiger partial charge in [-0.15, -0.1) is 0 Å². The first-order valence-electron chi connectivity index (χ1n) is 5.92. The van der Waals surface area contributed by atoms with Gasteiger partial charge in [-0.1, -0.05) is 49.4 Å². The fraction of sp³-hybridized carbons (Fsp3) is 0.385. The number of benzene rings is 1. The third-order valence-corrected chi connectivity index (χ3v) is 4.11. The van der Waals surface area contributed by atoms with Gasteiger partial charge in [0, 0.05) is 13.1 Å². The summed E-state index contributed by atoms with van der Waals surface area (Å²) in [7, 11) is -3.25. The lowest BCUT2D eigenvalue weighted by Gasteiger charge is -2.12. The lowest BCUT2D eigenvalue weighted by molar-refractivity contribution is 0.580. The summed E-state index contributed by atoms with van der Waals surface area (Å²) in [6.07, 6.45) is 3.44. The van der Waals surface area contributed by atoms with Crippen molar-refractivity contribution in [2.75, 3.05) is 18.8 Å². The fourth-order valence-electron chi connectivity index (χ4n) is 1.62. The van der Waals surface area contributed by atoms with Crippen molar-refractivity contribution in [2.24, 2.45) is 5.73 Å². The molecule has 0 heterocycles. The molecule has 100 valence electrons. The Labute approximate surface area is 109 Å². The van der Waals surface area contributed by atoms with Crippen molar-refractivity contribution in [1.82, 2.24) is 4.72 Å². The van der Waals surface area contributed by atoms with Crippen molar-refractivity contribution in [3.05, 3.63) is 48.0 Å². The monoisotopic (exact) mass is 268 g/mol. The zero-order valence-corrected chi connectivity index (χ0v) is 11.4. The molecule has 5 heteroatoms. The average Bonchev–Trinajstić information content (AvgIpc) is 2.35. The second-order valence-corrected chi connectivity index (χ2v) is 6.00. The van der Waals surface area contributed by atoms with Crippen LogP contribution in [0.15, 0.2) is 42.5 Å². The van der Waals surface area contributed by atoms with Crippen LogP contribution in [0.5, 0.6) is 0 Å². The summed E-state index contributed by atoms with van der Waals surface area (Å²) >= 11 is 0. The molecule has 0 aromatic heterocycles. The maximum Gasteiger partial charge on any atom is 0.212 e. The van der Waals surface area contributed by atoms with Gasteiger partial charge in [0.15, 0.2) is 0 Å². The maximum atomic E-state index is 11.8. The fourth-order valence-corrected chi connectivity index (χ4v) is 2.94. The van der Waals surface area contributed by atoms with E-state index in [1.165, 1.54) is 0 Å². The Morgan fingerprint density at radius 3 is 2.56 bits per heavy atom. The molecule has 0 bridgehead atoms. The molecule has 1 aromatic carbocycles. The van der Waals surface area contributed by atoms with Crippen LogP contribution < -0.4 is 10.5 Å². The Balaban J connectivity index is 2.53. The Morgan fingerprint density at radius 1 is 1.28 bits per heavy atom. The highest BCUT2D eigenvalue weighted by Crippen LogP contribution is 2.15. The van der Waals surface area contributed by atoms with Crippen molar-refractivity contribution < 1.29 is 8.42 Å². The molecule has 0 saturated carbocycles. The van der Waals surface area contributed by atoms with E-state index >= 15 is 0 Å². The summed E-state index contributed by atoms with van der Waals surface area (Å²) < 4.78 is 26.1. The molecular formula is C13H20N2O2S. The van der Waals surface area contributed by atoms with Gasteiger partial charge in [-0.05, 0) is 11.5 Å². The van der Waals surface area contributed by atoms with Gasteiger partial charge < -0.3 is 5.73 Å². The van der Waals surface area contributed by atoms with Gasteiger partial charge in [0.2, 0.25) is 10.0 Å². The molecule has 0 aliphatic rings. The molecule has 1 atom stereocenters. The summed E-state index contributed by atoms with van der Waals surface area (Å²) in [6.45, 7) is 2.62. The first-order valence-corrected chi connectivity index (χ1v) is 7.57. The standard InChI is InChI=1S/C13H20N2O2S/c1-12(13-7-3-2-4-8-13)11-18(16,17)15-10-6-5-9-14/h2-8,12,15H,9-11,14H2,1H3/b6-5+. The normalized spacial score (nSPS) is 13.9. The van der Waals surface area contributed by atoms with Crippen LogP contribution >= 0.6 is 0 Å². The zero-order chi connectivity index (χ0) is 13.4. The number of nitrogens with two attached hydrogens (primary N) is 1. The van der Waals surface area contributed by atoms with Crippen molar-refractivity contribution in [3.8, 4) is 0 Å². The van der Waals surface area contributed by atoms with Crippen LogP contribution in [0.4, 0.5) is 0 Å². The van der Waals surface area contributed by atoms with E-state index in [4.69, 9.17) is 5.73 Å². The Hall–Kier alpha value is -1.17. The highest BCUT2D eigenvalue weighted by molar-refractivity contribution is 7.89. The van der Waals surface area contributed by atoms with E-state index in [9.17, 15) is 8.42 Å².